The summed E-state index contributed by atoms with van der Waals surface area (Å²) in [7, 11) is 0. The summed E-state index contributed by atoms with van der Waals surface area (Å²) in [4.78, 5) is 0. The Hall–Kier alpha value is 0.720. The Kier molecular flexibility index (Phi) is 2.17. The van der Waals surface area contributed by atoms with E-state index in [0.717, 1.165) is 4.34 Å². The lowest BCUT2D eigenvalue weighted by Gasteiger charge is -1.76. The Morgan fingerprint density at radius 3 is 2.50 bits per heavy atom. The topological polar surface area (TPSA) is 0 Å². The molecule has 1 heterocycles. The summed E-state index contributed by atoms with van der Waals surface area (Å²) in [5.74, 6) is 0. The van der Waals surface area contributed by atoms with Gasteiger partial charge in [-0.3, -0.25) is 0 Å². The molecule has 8 heavy (non-hydrogen) atoms. The number of hydrogen-bond donors (Lipinski definition) is 0. The fraction of sp³-hybridized carbons (Fsp3) is 0.200. The predicted molar refractivity (Wildman–Crippen MR) is 46.8 cm³/mol. The first kappa shape index (κ1) is 6.83. The lowest BCUT2D eigenvalue weighted by atomic mass is 10.4. The van der Waals surface area contributed by atoms with Gasteiger partial charge in [-0.1, -0.05) is 11.6 Å². The van der Waals surface area contributed by atoms with E-state index in [1.165, 1.54) is 8.45 Å². The molecule has 1 rings (SSSR count). The van der Waals surface area contributed by atoms with Crippen LogP contribution in [0.4, 0.5) is 0 Å². The molecule has 0 amide bonds. The number of halogens is 2. The maximum absolute atomic E-state index is 5.74. The minimum Gasteiger partial charge on any atom is -0.117 e. The van der Waals surface area contributed by atoms with Crippen molar-refractivity contribution in [2.75, 3.05) is 0 Å². The van der Waals surface area contributed by atoms with E-state index in [2.05, 4.69) is 28.7 Å². The molecule has 0 nitrogen and oxygen atoms in total. The second-order valence-corrected chi connectivity index (χ2v) is 5.06. The van der Waals surface area contributed by atoms with Gasteiger partial charge in [0.25, 0.3) is 0 Å². The quantitative estimate of drug-likeness (QED) is 0.626. The molecule has 0 bridgehead atoms. The van der Waals surface area contributed by atoms with E-state index in [1.54, 1.807) is 11.3 Å². The van der Waals surface area contributed by atoms with E-state index in [9.17, 15) is 0 Å². The molecular formula is C5H4ClIS. The summed E-state index contributed by atoms with van der Waals surface area (Å²) in [6.07, 6.45) is 0. The van der Waals surface area contributed by atoms with Crippen LogP contribution in [0.2, 0.25) is 4.34 Å². The lowest BCUT2D eigenvalue weighted by molar-refractivity contribution is 1.55. The van der Waals surface area contributed by atoms with Crippen LogP contribution in [0.15, 0.2) is 6.07 Å². The average Bonchev–Trinajstić information content (AvgIpc) is 1.85. The van der Waals surface area contributed by atoms with Crippen LogP contribution in [-0.2, 0) is 0 Å². The third-order valence-corrected chi connectivity index (χ3v) is 3.14. The van der Waals surface area contributed by atoms with Crippen molar-refractivity contribution < 1.29 is 0 Å². The van der Waals surface area contributed by atoms with Crippen molar-refractivity contribution in [3.63, 3.8) is 0 Å². The van der Waals surface area contributed by atoms with Crippen LogP contribution >= 0.6 is 45.5 Å². The van der Waals surface area contributed by atoms with E-state index < -0.39 is 0 Å². The highest BCUT2D eigenvalue weighted by molar-refractivity contribution is 14.1. The molecule has 44 valence electrons. The number of aryl methyl sites for hydroxylation is 1. The number of hydrogen-bond acceptors (Lipinski definition) is 1. The normalized spacial score (nSPS) is 9.88. The third-order valence-electron chi connectivity index (χ3n) is 0.827. The highest BCUT2D eigenvalue weighted by Crippen LogP contribution is 2.27. The molecule has 0 aliphatic rings. The fourth-order valence-corrected chi connectivity index (χ4v) is 2.87. The summed E-state index contributed by atoms with van der Waals surface area (Å²) >= 11 is 9.62. The van der Waals surface area contributed by atoms with E-state index >= 15 is 0 Å². The van der Waals surface area contributed by atoms with Gasteiger partial charge in [-0.2, -0.15) is 0 Å². The van der Waals surface area contributed by atoms with Crippen LogP contribution in [0.1, 0.15) is 5.56 Å². The van der Waals surface area contributed by atoms with E-state index in [0.29, 0.717) is 0 Å². The van der Waals surface area contributed by atoms with Gasteiger partial charge in [0, 0.05) is 0 Å². The van der Waals surface area contributed by atoms with Gasteiger partial charge in [-0.25, -0.2) is 0 Å². The summed E-state index contributed by atoms with van der Waals surface area (Å²) in [5, 5.41) is 0. The molecule has 0 unspecified atom stereocenters. The monoisotopic (exact) mass is 258 g/mol. The molecule has 0 radical (unpaired) electrons. The van der Waals surface area contributed by atoms with Gasteiger partial charge in [0.2, 0.25) is 0 Å². The molecule has 0 aliphatic heterocycles. The first-order chi connectivity index (χ1) is 3.70. The predicted octanol–water partition coefficient (Wildman–Crippen LogP) is 3.31. The minimum atomic E-state index is 0.911. The molecule has 0 fully saturated rings. The van der Waals surface area contributed by atoms with Crippen molar-refractivity contribution in [1.82, 2.24) is 0 Å². The first-order valence-electron chi connectivity index (χ1n) is 2.11. The van der Waals surface area contributed by atoms with Gasteiger partial charge in [0.05, 0.1) is 7.22 Å². The smallest absolute Gasteiger partial charge is 0.0968 e. The van der Waals surface area contributed by atoms with Crippen LogP contribution in [0.3, 0.4) is 0 Å². The van der Waals surface area contributed by atoms with Crippen LogP contribution in [0.25, 0.3) is 0 Å². The maximum Gasteiger partial charge on any atom is 0.0968 e. The molecule has 0 atom stereocenters. The van der Waals surface area contributed by atoms with E-state index in [4.69, 9.17) is 11.6 Å². The van der Waals surface area contributed by atoms with Crippen molar-refractivity contribution in [1.29, 1.82) is 0 Å². The zero-order valence-corrected chi connectivity index (χ0v) is 7.97. The second-order valence-electron chi connectivity index (χ2n) is 1.51. The molecule has 0 aromatic carbocycles. The van der Waals surface area contributed by atoms with Gasteiger partial charge < -0.3 is 0 Å². The second kappa shape index (κ2) is 2.54. The van der Waals surface area contributed by atoms with E-state index in [1.807, 2.05) is 6.92 Å². The van der Waals surface area contributed by atoms with Crippen LogP contribution in [0, 0.1) is 9.81 Å². The molecule has 1 aromatic rings. The highest BCUT2D eigenvalue weighted by atomic mass is 127. The largest absolute Gasteiger partial charge is 0.117 e. The van der Waals surface area contributed by atoms with Gasteiger partial charge in [-0.15, -0.1) is 11.3 Å². The summed E-state index contributed by atoms with van der Waals surface area (Å²) in [6, 6.07) is 2.08. The maximum atomic E-state index is 5.74. The van der Waals surface area contributed by atoms with Crippen molar-refractivity contribution in [3.8, 4) is 0 Å². The molecule has 0 N–H and O–H groups in total. The Balaban J connectivity index is 3.14. The SMILES string of the molecule is Cc1cc(I)sc1Cl. The summed E-state index contributed by atoms with van der Waals surface area (Å²) < 4.78 is 2.17. The molecule has 0 spiro atoms. The lowest BCUT2D eigenvalue weighted by Crippen LogP contribution is -1.56. The molecular weight excluding hydrogens is 254 g/mol. The van der Waals surface area contributed by atoms with Crippen molar-refractivity contribution in [2.45, 2.75) is 6.92 Å². The van der Waals surface area contributed by atoms with Gasteiger partial charge in [-0.05, 0) is 41.1 Å². The van der Waals surface area contributed by atoms with Gasteiger partial charge in [0.15, 0.2) is 0 Å². The summed E-state index contributed by atoms with van der Waals surface area (Å²) in [6.45, 7) is 2.01. The average molecular weight is 259 g/mol. The zero-order valence-electron chi connectivity index (χ0n) is 4.24. The van der Waals surface area contributed by atoms with Gasteiger partial charge >= 0.3 is 0 Å². The molecule has 0 saturated heterocycles. The molecule has 1 aromatic heterocycles. The molecule has 3 heteroatoms. The zero-order chi connectivity index (χ0) is 6.15. The molecule has 0 aliphatic carbocycles. The van der Waals surface area contributed by atoms with Gasteiger partial charge in [0.1, 0.15) is 0 Å². The number of thiophene rings is 1. The standard InChI is InChI=1S/C5H4ClIS/c1-3-2-4(7)8-5(3)6/h2H,1H3. The summed E-state index contributed by atoms with van der Waals surface area (Å²) in [5.41, 5.74) is 1.18. The third kappa shape index (κ3) is 1.36. The fourth-order valence-electron chi connectivity index (χ4n) is 0.423. The van der Waals surface area contributed by atoms with Crippen LogP contribution < -0.4 is 0 Å². The Morgan fingerprint density at radius 2 is 2.38 bits per heavy atom. The molecule has 0 saturated carbocycles. The Labute approximate surface area is 71.0 Å². The number of rotatable bonds is 0. The highest BCUT2D eigenvalue weighted by Gasteiger charge is 1.97. The van der Waals surface area contributed by atoms with Crippen molar-refractivity contribution >= 4 is 45.5 Å². The van der Waals surface area contributed by atoms with Crippen LogP contribution in [0.5, 0.6) is 0 Å². The van der Waals surface area contributed by atoms with Crippen LogP contribution in [-0.4, -0.2) is 0 Å². The van der Waals surface area contributed by atoms with E-state index in [-0.39, 0.29) is 0 Å². The first-order valence-corrected chi connectivity index (χ1v) is 4.39. The Morgan fingerprint density at radius 1 is 1.75 bits per heavy atom. The van der Waals surface area contributed by atoms with Crippen molar-refractivity contribution in [3.05, 3.63) is 18.9 Å². The Bertz CT molecular complexity index is 175. The van der Waals surface area contributed by atoms with Crippen molar-refractivity contribution in [2.24, 2.45) is 0 Å². The minimum absolute atomic E-state index is 0.911.